The molecule has 1 aliphatic carbocycles. The monoisotopic (exact) mass is 341 g/mol. The van der Waals surface area contributed by atoms with Gasteiger partial charge in [-0.2, -0.15) is 0 Å². The standard InChI is InChI=1S/C20H23NO4/c22-19(21-10-9-14-3-1-2-4-16(14)12-21)13-24-17-7-5-15-6-8-20(23)25-18(15)11-17/h5-8,11,14,16H,1-4,9-10,12-13H2/t14-,16+/m0/s1. The molecule has 0 unspecified atom stereocenters. The number of fused-ring (bicyclic) bond motifs is 2. The van der Waals surface area contributed by atoms with Crippen molar-refractivity contribution in [2.45, 2.75) is 32.1 Å². The van der Waals surface area contributed by atoms with Crippen LogP contribution < -0.4 is 10.4 Å². The molecular formula is C20H23NO4. The molecule has 4 rings (SSSR count). The first-order valence-electron chi connectivity index (χ1n) is 9.13. The van der Waals surface area contributed by atoms with Crippen molar-refractivity contribution in [3.05, 3.63) is 40.8 Å². The largest absolute Gasteiger partial charge is 0.484 e. The highest BCUT2D eigenvalue weighted by Crippen LogP contribution is 2.36. The van der Waals surface area contributed by atoms with Gasteiger partial charge >= 0.3 is 5.63 Å². The zero-order valence-electron chi connectivity index (χ0n) is 14.3. The summed E-state index contributed by atoms with van der Waals surface area (Å²) >= 11 is 0. The molecule has 2 heterocycles. The van der Waals surface area contributed by atoms with Crippen LogP contribution in [0.4, 0.5) is 0 Å². The first-order chi connectivity index (χ1) is 12.2. The number of hydrogen-bond acceptors (Lipinski definition) is 4. The number of rotatable bonds is 3. The highest BCUT2D eigenvalue weighted by Gasteiger charge is 2.32. The third kappa shape index (κ3) is 3.55. The molecule has 1 amide bonds. The van der Waals surface area contributed by atoms with Crippen molar-refractivity contribution >= 4 is 16.9 Å². The first-order valence-corrected chi connectivity index (χ1v) is 9.13. The van der Waals surface area contributed by atoms with Crippen LogP contribution in [0.2, 0.25) is 0 Å². The Labute approximate surface area is 146 Å². The summed E-state index contributed by atoms with van der Waals surface area (Å²) in [6.07, 6.45) is 6.33. The van der Waals surface area contributed by atoms with Gasteiger partial charge in [-0.1, -0.05) is 19.3 Å². The van der Waals surface area contributed by atoms with Gasteiger partial charge < -0.3 is 14.1 Å². The molecule has 0 bridgehead atoms. The quantitative estimate of drug-likeness (QED) is 0.805. The van der Waals surface area contributed by atoms with Crippen LogP contribution in [-0.4, -0.2) is 30.5 Å². The fraction of sp³-hybridized carbons (Fsp3) is 0.500. The van der Waals surface area contributed by atoms with Gasteiger partial charge in [-0.3, -0.25) is 4.79 Å². The lowest BCUT2D eigenvalue weighted by atomic mass is 9.75. The second kappa shape index (κ2) is 6.90. The molecule has 25 heavy (non-hydrogen) atoms. The molecule has 2 atom stereocenters. The number of ether oxygens (including phenoxy) is 1. The molecule has 1 saturated heterocycles. The second-order valence-electron chi connectivity index (χ2n) is 7.18. The molecule has 2 aromatic rings. The Balaban J connectivity index is 1.37. The minimum absolute atomic E-state index is 0.0277. The average Bonchev–Trinajstić information content (AvgIpc) is 2.65. The minimum Gasteiger partial charge on any atom is -0.484 e. The van der Waals surface area contributed by atoms with E-state index >= 15 is 0 Å². The molecule has 5 heteroatoms. The topological polar surface area (TPSA) is 59.8 Å². The molecule has 1 saturated carbocycles. The van der Waals surface area contributed by atoms with E-state index in [9.17, 15) is 9.59 Å². The van der Waals surface area contributed by atoms with Crippen LogP contribution in [0.15, 0.2) is 39.5 Å². The van der Waals surface area contributed by atoms with E-state index in [1.807, 2.05) is 11.0 Å². The van der Waals surface area contributed by atoms with Crippen LogP contribution in [0.25, 0.3) is 11.0 Å². The molecule has 0 radical (unpaired) electrons. The summed E-state index contributed by atoms with van der Waals surface area (Å²) in [6, 6.07) is 8.39. The number of likely N-dealkylation sites (tertiary alicyclic amines) is 1. The number of amides is 1. The molecule has 2 aliphatic rings. The molecule has 2 fully saturated rings. The van der Waals surface area contributed by atoms with Crippen LogP contribution in [-0.2, 0) is 4.79 Å². The van der Waals surface area contributed by atoms with Gasteiger partial charge in [-0.25, -0.2) is 4.79 Å². The summed E-state index contributed by atoms with van der Waals surface area (Å²) in [5, 5.41) is 0.831. The molecule has 0 N–H and O–H groups in total. The zero-order valence-corrected chi connectivity index (χ0v) is 14.3. The van der Waals surface area contributed by atoms with Crippen LogP contribution in [0.3, 0.4) is 0 Å². The van der Waals surface area contributed by atoms with Gasteiger partial charge in [-0.05, 0) is 42.9 Å². The fourth-order valence-corrected chi connectivity index (χ4v) is 4.19. The smallest absolute Gasteiger partial charge is 0.336 e. The normalized spacial score (nSPS) is 23.3. The Morgan fingerprint density at radius 2 is 1.92 bits per heavy atom. The number of nitrogens with zero attached hydrogens (tertiary/aromatic N) is 1. The maximum atomic E-state index is 12.5. The molecule has 1 aromatic carbocycles. The van der Waals surface area contributed by atoms with E-state index in [0.29, 0.717) is 17.3 Å². The predicted molar refractivity (Wildman–Crippen MR) is 94.6 cm³/mol. The Morgan fingerprint density at radius 1 is 1.12 bits per heavy atom. The number of piperidine rings is 1. The van der Waals surface area contributed by atoms with Crippen molar-refractivity contribution in [2.24, 2.45) is 11.8 Å². The van der Waals surface area contributed by atoms with Crippen molar-refractivity contribution in [1.82, 2.24) is 4.90 Å². The van der Waals surface area contributed by atoms with E-state index in [4.69, 9.17) is 9.15 Å². The SMILES string of the molecule is O=C(COc1ccc2ccc(=O)oc2c1)N1CC[C@@H]2CCCC[C@@H]2C1. The summed E-state index contributed by atoms with van der Waals surface area (Å²) in [5.41, 5.74) is 0.0801. The van der Waals surface area contributed by atoms with Gasteiger partial charge in [0.25, 0.3) is 5.91 Å². The van der Waals surface area contributed by atoms with Crippen molar-refractivity contribution in [1.29, 1.82) is 0 Å². The molecular weight excluding hydrogens is 318 g/mol. The van der Waals surface area contributed by atoms with Crippen molar-refractivity contribution in [2.75, 3.05) is 19.7 Å². The lowest BCUT2D eigenvalue weighted by Gasteiger charge is -2.41. The van der Waals surface area contributed by atoms with Crippen molar-refractivity contribution in [3.8, 4) is 5.75 Å². The summed E-state index contributed by atoms with van der Waals surface area (Å²) < 4.78 is 10.8. The summed E-state index contributed by atoms with van der Waals surface area (Å²) in [4.78, 5) is 25.8. The Kier molecular flexibility index (Phi) is 4.47. The Morgan fingerprint density at radius 3 is 2.80 bits per heavy atom. The maximum absolute atomic E-state index is 12.5. The number of carbonyl (C=O) groups is 1. The van der Waals surface area contributed by atoms with Gasteiger partial charge in [0.05, 0.1) is 0 Å². The van der Waals surface area contributed by atoms with E-state index in [1.165, 1.54) is 31.7 Å². The number of carbonyl (C=O) groups excluding carboxylic acids is 1. The summed E-state index contributed by atoms with van der Waals surface area (Å²) in [5.74, 6) is 2.06. The number of hydrogen-bond donors (Lipinski definition) is 0. The van der Waals surface area contributed by atoms with Crippen molar-refractivity contribution < 1.29 is 13.9 Å². The fourth-order valence-electron chi connectivity index (χ4n) is 4.19. The van der Waals surface area contributed by atoms with E-state index in [2.05, 4.69) is 0 Å². The van der Waals surface area contributed by atoms with Crippen LogP contribution in [0.1, 0.15) is 32.1 Å². The molecule has 132 valence electrons. The van der Waals surface area contributed by atoms with Crippen LogP contribution in [0, 0.1) is 11.8 Å². The predicted octanol–water partition coefficient (Wildman–Crippen LogP) is 3.21. The zero-order chi connectivity index (χ0) is 17.2. The van der Waals surface area contributed by atoms with Crippen LogP contribution >= 0.6 is 0 Å². The van der Waals surface area contributed by atoms with Gasteiger partial charge in [0.1, 0.15) is 11.3 Å². The molecule has 1 aromatic heterocycles. The average molecular weight is 341 g/mol. The minimum atomic E-state index is -0.393. The van der Waals surface area contributed by atoms with Gasteiger partial charge in [-0.15, -0.1) is 0 Å². The van der Waals surface area contributed by atoms with E-state index < -0.39 is 5.63 Å². The van der Waals surface area contributed by atoms with E-state index in [-0.39, 0.29) is 12.5 Å². The Hall–Kier alpha value is -2.30. The lowest BCUT2D eigenvalue weighted by Crippen LogP contribution is -2.46. The lowest BCUT2D eigenvalue weighted by molar-refractivity contribution is -0.136. The van der Waals surface area contributed by atoms with E-state index in [0.717, 1.165) is 30.8 Å². The maximum Gasteiger partial charge on any atom is 0.336 e. The van der Waals surface area contributed by atoms with Gasteiger partial charge in [0.15, 0.2) is 6.61 Å². The second-order valence-corrected chi connectivity index (χ2v) is 7.18. The third-order valence-electron chi connectivity index (χ3n) is 5.60. The summed E-state index contributed by atoms with van der Waals surface area (Å²) in [7, 11) is 0. The number of benzene rings is 1. The molecule has 5 nitrogen and oxygen atoms in total. The summed E-state index contributed by atoms with van der Waals surface area (Å²) in [6.45, 7) is 1.75. The highest BCUT2D eigenvalue weighted by atomic mass is 16.5. The highest BCUT2D eigenvalue weighted by molar-refractivity contribution is 5.79. The first kappa shape index (κ1) is 16.2. The van der Waals surface area contributed by atoms with Crippen molar-refractivity contribution in [3.63, 3.8) is 0 Å². The van der Waals surface area contributed by atoms with E-state index in [1.54, 1.807) is 18.2 Å². The third-order valence-corrected chi connectivity index (χ3v) is 5.60. The Bertz CT molecular complexity index is 828. The van der Waals surface area contributed by atoms with Gasteiger partial charge in [0.2, 0.25) is 0 Å². The van der Waals surface area contributed by atoms with Gasteiger partial charge in [0, 0.05) is 30.6 Å². The molecule has 1 aliphatic heterocycles. The molecule has 0 spiro atoms. The van der Waals surface area contributed by atoms with Crippen LogP contribution in [0.5, 0.6) is 5.75 Å².